The minimum atomic E-state index is -3.80. The Labute approximate surface area is 201 Å². The number of fused-ring (bicyclic) bond motifs is 3. The van der Waals surface area contributed by atoms with Crippen LogP contribution in [-0.2, 0) is 15.8 Å². The van der Waals surface area contributed by atoms with Crippen LogP contribution in [0, 0.1) is 0 Å². The molecular weight excluding hydrogens is 480 g/mol. The van der Waals surface area contributed by atoms with Gasteiger partial charge in [0.2, 0.25) is 10.0 Å². The zero-order valence-electron chi connectivity index (χ0n) is 18.4. The van der Waals surface area contributed by atoms with Gasteiger partial charge in [0.05, 0.1) is 17.9 Å². The zero-order valence-corrected chi connectivity index (χ0v) is 19.3. The molecule has 184 valence electrons. The van der Waals surface area contributed by atoms with Crippen LogP contribution in [0.4, 0.5) is 8.78 Å². The molecule has 1 heterocycles. The van der Waals surface area contributed by atoms with E-state index in [1.54, 1.807) is 60.7 Å². The second-order valence-electron chi connectivity index (χ2n) is 7.77. The van der Waals surface area contributed by atoms with E-state index in [1.165, 1.54) is 6.07 Å². The number of primary sulfonamides is 1. The van der Waals surface area contributed by atoms with E-state index in [0.29, 0.717) is 39.3 Å². The van der Waals surface area contributed by atoms with Crippen molar-refractivity contribution in [1.29, 1.82) is 0 Å². The lowest BCUT2D eigenvalue weighted by Gasteiger charge is -2.31. The summed E-state index contributed by atoms with van der Waals surface area (Å²) < 4.78 is 66.2. The first kappa shape index (κ1) is 24.6. The topological polar surface area (TPSA) is 108 Å². The van der Waals surface area contributed by atoms with Gasteiger partial charge in [-0.1, -0.05) is 42.5 Å². The van der Waals surface area contributed by atoms with Gasteiger partial charge < -0.3 is 19.3 Å². The Morgan fingerprint density at radius 3 is 2.63 bits per heavy atom. The van der Waals surface area contributed by atoms with E-state index in [0.717, 1.165) is 0 Å². The van der Waals surface area contributed by atoms with Crippen molar-refractivity contribution in [3.8, 4) is 28.4 Å². The van der Waals surface area contributed by atoms with Crippen LogP contribution in [0.2, 0.25) is 0 Å². The number of hydrogen-bond donors (Lipinski definition) is 2. The SMILES string of the molecule is NS(=O)(=O)Cc1ccc2c(c1)C(c1cccc(OC/C=C/CO)c1)Oc1cccc(OC(F)F)c1-2. The molecule has 0 fully saturated rings. The molecular formula is C25H23F2NO6S. The Balaban J connectivity index is 1.80. The van der Waals surface area contributed by atoms with Gasteiger partial charge in [-0.15, -0.1) is 0 Å². The van der Waals surface area contributed by atoms with Crippen molar-refractivity contribution < 1.29 is 36.5 Å². The van der Waals surface area contributed by atoms with E-state index in [4.69, 9.17) is 24.5 Å². The standard InChI is InChI=1S/C25H23F2NO6S/c26-25(27)34-22-8-4-7-21-23(22)19-10-9-16(15-35(28,30)31)13-20(19)24(33-21)17-5-3-6-18(14-17)32-12-2-1-11-29/h1-10,13-14,24-25,29H,11-12,15H2,(H2,28,30,31)/b2-1+. The number of aliphatic hydroxyl groups is 1. The molecule has 0 spiro atoms. The van der Waals surface area contributed by atoms with Crippen molar-refractivity contribution in [3.05, 3.63) is 89.5 Å². The molecule has 1 aliphatic rings. The fourth-order valence-corrected chi connectivity index (χ4v) is 4.58. The summed E-state index contributed by atoms with van der Waals surface area (Å²) in [6.07, 6.45) is 2.56. The first-order chi connectivity index (χ1) is 16.7. The zero-order chi connectivity index (χ0) is 25.0. The van der Waals surface area contributed by atoms with Crippen LogP contribution in [0.3, 0.4) is 0 Å². The van der Waals surface area contributed by atoms with Crippen molar-refractivity contribution in [2.45, 2.75) is 18.5 Å². The maximum Gasteiger partial charge on any atom is 0.387 e. The van der Waals surface area contributed by atoms with Gasteiger partial charge in [0.1, 0.15) is 30.0 Å². The highest BCUT2D eigenvalue weighted by Crippen LogP contribution is 2.49. The quantitative estimate of drug-likeness (QED) is 0.425. The molecule has 10 heteroatoms. The van der Waals surface area contributed by atoms with E-state index < -0.39 is 28.5 Å². The van der Waals surface area contributed by atoms with Gasteiger partial charge >= 0.3 is 6.61 Å². The van der Waals surface area contributed by atoms with Gasteiger partial charge in [-0.3, -0.25) is 0 Å². The molecule has 0 aromatic heterocycles. The van der Waals surface area contributed by atoms with Crippen LogP contribution < -0.4 is 19.3 Å². The van der Waals surface area contributed by atoms with E-state index in [2.05, 4.69) is 0 Å². The molecule has 3 aromatic rings. The Morgan fingerprint density at radius 2 is 1.89 bits per heavy atom. The summed E-state index contributed by atoms with van der Waals surface area (Å²) in [6.45, 7) is -2.87. The van der Waals surface area contributed by atoms with Crippen LogP contribution in [0.1, 0.15) is 22.8 Å². The Kier molecular flexibility index (Phi) is 7.34. The summed E-state index contributed by atoms with van der Waals surface area (Å²) in [5.41, 5.74) is 2.62. The molecule has 0 aliphatic carbocycles. The summed E-state index contributed by atoms with van der Waals surface area (Å²) >= 11 is 0. The molecule has 0 saturated heterocycles. The second-order valence-corrected chi connectivity index (χ2v) is 9.39. The third-order valence-electron chi connectivity index (χ3n) is 5.26. The number of nitrogens with two attached hydrogens (primary N) is 1. The first-order valence-corrected chi connectivity index (χ1v) is 12.3. The van der Waals surface area contributed by atoms with Crippen molar-refractivity contribution in [2.24, 2.45) is 5.14 Å². The van der Waals surface area contributed by atoms with Crippen LogP contribution in [0.25, 0.3) is 11.1 Å². The molecule has 3 aromatic carbocycles. The van der Waals surface area contributed by atoms with Crippen LogP contribution in [-0.4, -0.2) is 33.3 Å². The summed E-state index contributed by atoms with van der Waals surface area (Å²) in [5, 5.41) is 14.1. The normalized spacial score (nSPS) is 14.9. The molecule has 0 amide bonds. The second kappa shape index (κ2) is 10.4. The van der Waals surface area contributed by atoms with Crippen LogP contribution in [0.5, 0.6) is 17.2 Å². The molecule has 0 bridgehead atoms. The van der Waals surface area contributed by atoms with Crippen LogP contribution >= 0.6 is 0 Å². The molecule has 3 N–H and O–H groups in total. The average molecular weight is 504 g/mol. The Bertz CT molecular complexity index is 1340. The summed E-state index contributed by atoms with van der Waals surface area (Å²) in [5.74, 6) is 0.452. The van der Waals surface area contributed by atoms with E-state index in [1.807, 2.05) is 6.07 Å². The summed E-state index contributed by atoms with van der Waals surface area (Å²) in [4.78, 5) is 0. The molecule has 4 rings (SSSR count). The molecule has 1 unspecified atom stereocenters. The van der Waals surface area contributed by atoms with Gasteiger partial charge in [0.15, 0.2) is 0 Å². The van der Waals surface area contributed by atoms with Gasteiger partial charge in [-0.2, -0.15) is 8.78 Å². The summed E-state index contributed by atoms with van der Waals surface area (Å²) in [6, 6.07) is 16.7. The third-order valence-corrected chi connectivity index (χ3v) is 6.00. The molecule has 35 heavy (non-hydrogen) atoms. The predicted octanol–water partition coefficient (Wildman–Crippen LogP) is 4.15. The van der Waals surface area contributed by atoms with Crippen molar-refractivity contribution >= 4 is 10.0 Å². The van der Waals surface area contributed by atoms with Crippen LogP contribution in [0.15, 0.2) is 72.8 Å². The van der Waals surface area contributed by atoms with Gasteiger partial charge in [-0.05, 0) is 41.5 Å². The highest BCUT2D eigenvalue weighted by atomic mass is 32.2. The number of ether oxygens (including phenoxy) is 3. The number of alkyl halides is 2. The largest absolute Gasteiger partial charge is 0.490 e. The lowest BCUT2D eigenvalue weighted by atomic mass is 9.88. The van der Waals surface area contributed by atoms with Gasteiger partial charge in [0, 0.05) is 11.1 Å². The Morgan fingerprint density at radius 1 is 1.09 bits per heavy atom. The third kappa shape index (κ3) is 5.97. The van der Waals surface area contributed by atoms with Crippen molar-refractivity contribution in [3.63, 3.8) is 0 Å². The molecule has 0 radical (unpaired) electrons. The van der Waals surface area contributed by atoms with E-state index >= 15 is 0 Å². The lowest BCUT2D eigenvalue weighted by molar-refractivity contribution is -0.0496. The average Bonchev–Trinajstić information content (AvgIpc) is 2.80. The molecule has 1 aliphatic heterocycles. The maximum atomic E-state index is 13.1. The number of aliphatic hydroxyl groups excluding tert-OH is 1. The lowest BCUT2D eigenvalue weighted by Crippen LogP contribution is -2.18. The number of halogens is 2. The highest BCUT2D eigenvalue weighted by Gasteiger charge is 2.31. The predicted molar refractivity (Wildman–Crippen MR) is 126 cm³/mol. The minimum absolute atomic E-state index is 0.0517. The minimum Gasteiger partial charge on any atom is -0.490 e. The van der Waals surface area contributed by atoms with Crippen molar-refractivity contribution in [2.75, 3.05) is 13.2 Å². The summed E-state index contributed by atoms with van der Waals surface area (Å²) in [7, 11) is -3.80. The number of rotatable bonds is 9. The fourth-order valence-electron chi connectivity index (χ4n) is 3.94. The monoisotopic (exact) mass is 503 g/mol. The Hall–Kier alpha value is -3.47. The number of benzene rings is 3. The molecule has 7 nitrogen and oxygen atoms in total. The smallest absolute Gasteiger partial charge is 0.387 e. The van der Waals surface area contributed by atoms with Gasteiger partial charge in [-0.25, -0.2) is 13.6 Å². The molecule has 0 saturated carbocycles. The number of sulfonamides is 1. The molecule has 1 atom stereocenters. The van der Waals surface area contributed by atoms with E-state index in [9.17, 15) is 17.2 Å². The van der Waals surface area contributed by atoms with Crippen molar-refractivity contribution in [1.82, 2.24) is 0 Å². The number of hydrogen-bond acceptors (Lipinski definition) is 6. The maximum absolute atomic E-state index is 13.1. The first-order valence-electron chi connectivity index (χ1n) is 10.6. The fraction of sp³-hybridized carbons (Fsp3) is 0.200. The van der Waals surface area contributed by atoms with E-state index in [-0.39, 0.29) is 19.0 Å². The van der Waals surface area contributed by atoms with Gasteiger partial charge in [0.25, 0.3) is 0 Å². The highest BCUT2D eigenvalue weighted by molar-refractivity contribution is 7.88.